The van der Waals surface area contributed by atoms with Crippen LogP contribution in [0.2, 0.25) is 0 Å². The molecule has 4 rings (SSSR count). The van der Waals surface area contributed by atoms with Crippen molar-refractivity contribution in [1.29, 1.82) is 0 Å². The summed E-state index contributed by atoms with van der Waals surface area (Å²) in [4.78, 5) is 51.2. The van der Waals surface area contributed by atoms with Crippen LogP contribution in [0.1, 0.15) is 74.1 Å². The van der Waals surface area contributed by atoms with Crippen molar-refractivity contribution in [3.05, 3.63) is 35.4 Å². The Labute approximate surface area is 187 Å². The highest BCUT2D eigenvalue weighted by Crippen LogP contribution is 2.54. The number of carbonyl (C=O) groups is 4. The summed E-state index contributed by atoms with van der Waals surface area (Å²) in [5.74, 6) is -1.43. The minimum atomic E-state index is -1.26. The van der Waals surface area contributed by atoms with Gasteiger partial charge in [0.05, 0.1) is 17.2 Å². The van der Waals surface area contributed by atoms with Gasteiger partial charge in [0.15, 0.2) is 5.66 Å². The minimum Gasteiger partial charge on any atom is -0.458 e. The van der Waals surface area contributed by atoms with Gasteiger partial charge in [0.1, 0.15) is 12.7 Å². The Morgan fingerprint density at radius 1 is 1.16 bits per heavy atom. The number of amides is 3. The average molecular weight is 444 g/mol. The molecular formula is C23H29N3O6. The Morgan fingerprint density at radius 2 is 1.78 bits per heavy atom. The van der Waals surface area contributed by atoms with Crippen LogP contribution in [0.25, 0.3) is 0 Å². The molecule has 0 aliphatic carbocycles. The number of rotatable bonds is 6. The smallest absolute Gasteiger partial charge is 0.408 e. The first-order chi connectivity index (χ1) is 15.1. The second-order valence-electron chi connectivity index (χ2n) is 9.33. The molecule has 0 aromatic heterocycles. The molecular weight excluding hydrogens is 414 g/mol. The molecule has 3 amide bonds. The summed E-state index contributed by atoms with van der Waals surface area (Å²) in [5.41, 5.74) is -1.40. The number of nitrogens with zero attached hydrogens (tertiary/aromatic N) is 2. The average Bonchev–Trinajstić information content (AvgIpc) is 3.29. The van der Waals surface area contributed by atoms with Crippen molar-refractivity contribution in [2.45, 2.75) is 71.2 Å². The summed E-state index contributed by atoms with van der Waals surface area (Å²) in [6, 6.07) is 6.22. The number of alkyl carbamates (subject to hydrolysis) is 1. The van der Waals surface area contributed by atoms with Gasteiger partial charge in [-0.2, -0.15) is 10.0 Å². The van der Waals surface area contributed by atoms with Gasteiger partial charge in [-0.3, -0.25) is 19.7 Å². The van der Waals surface area contributed by atoms with E-state index in [0.29, 0.717) is 17.5 Å². The van der Waals surface area contributed by atoms with Crippen LogP contribution in [0.5, 0.6) is 0 Å². The molecule has 4 atom stereocenters. The van der Waals surface area contributed by atoms with Gasteiger partial charge >= 0.3 is 12.1 Å². The maximum absolute atomic E-state index is 13.3. The Hall–Kier alpha value is -2.94. The SMILES string of the molecule is CCCCC[C@H]1N(N2C(=O)c3ccccc3C2=O)[C@]12NC(=O)OCC(C)(C)[C@H]2OC(C)=O. The number of carbonyl (C=O) groups excluding carboxylic acids is 4. The third-order valence-electron chi connectivity index (χ3n) is 6.45. The van der Waals surface area contributed by atoms with E-state index in [1.165, 1.54) is 6.92 Å². The van der Waals surface area contributed by atoms with E-state index in [1.807, 2.05) is 13.8 Å². The molecule has 1 aromatic carbocycles. The first-order valence-electron chi connectivity index (χ1n) is 11.0. The van der Waals surface area contributed by atoms with Crippen molar-refractivity contribution < 1.29 is 28.7 Å². The highest BCUT2D eigenvalue weighted by atomic mass is 16.6. The molecule has 1 aromatic rings. The Morgan fingerprint density at radius 3 is 2.34 bits per heavy atom. The number of hydrazine groups is 1. The molecule has 1 spiro atoms. The van der Waals surface area contributed by atoms with Crippen LogP contribution in [0.15, 0.2) is 24.3 Å². The third-order valence-corrected chi connectivity index (χ3v) is 6.45. The van der Waals surface area contributed by atoms with E-state index in [-0.39, 0.29) is 6.61 Å². The zero-order valence-electron chi connectivity index (χ0n) is 18.8. The molecule has 0 bridgehead atoms. The zero-order chi connectivity index (χ0) is 23.3. The monoisotopic (exact) mass is 443 g/mol. The van der Waals surface area contributed by atoms with E-state index in [0.717, 1.165) is 24.3 Å². The third kappa shape index (κ3) is 3.35. The molecule has 9 heteroatoms. The van der Waals surface area contributed by atoms with Gasteiger partial charge in [-0.15, -0.1) is 0 Å². The summed E-state index contributed by atoms with van der Waals surface area (Å²) in [7, 11) is 0. The zero-order valence-corrected chi connectivity index (χ0v) is 18.8. The van der Waals surface area contributed by atoms with Gasteiger partial charge in [0, 0.05) is 12.3 Å². The van der Waals surface area contributed by atoms with Gasteiger partial charge in [-0.1, -0.05) is 52.2 Å². The molecule has 3 heterocycles. The van der Waals surface area contributed by atoms with E-state index in [1.54, 1.807) is 29.3 Å². The number of ether oxygens (including phenoxy) is 2. The molecule has 1 unspecified atom stereocenters. The summed E-state index contributed by atoms with van der Waals surface area (Å²) >= 11 is 0. The lowest BCUT2D eigenvalue weighted by Gasteiger charge is -2.36. The van der Waals surface area contributed by atoms with Gasteiger partial charge < -0.3 is 9.47 Å². The number of hydrogen-bond acceptors (Lipinski definition) is 7. The summed E-state index contributed by atoms with van der Waals surface area (Å²) in [5, 5.41) is 5.54. The molecule has 0 radical (unpaired) electrons. The first-order valence-corrected chi connectivity index (χ1v) is 11.0. The van der Waals surface area contributed by atoms with Crippen LogP contribution >= 0.6 is 0 Å². The van der Waals surface area contributed by atoms with Crippen LogP contribution in [0, 0.1) is 5.41 Å². The molecule has 2 saturated heterocycles. The number of fused-ring (bicyclic) bond motifs is 1. The van der Waals surface area contributed by atoms with Crippen molar-refractivity contribution in [2.75, 3.05) is 6.61 Å². The number of imide groups is 1. The molecule has 3 aliphatic rings. The van der Waals surface area contributed by atoms with E-state index in [9.17, 15) is 19.2 Å². The molecule has 1 N–H and O–H groups in total. The van der Waals surface area contributed by atoms with Crippen molar-refractivity contribution in [1.82, 2.24) is 15.3 Å². The summed E-state index contributed by atoms with van der Waals surface area (Å²) in [6.45, 7) is 7.08. The van der Waals surface area contributed by atoms with Gasteiger partial charge in [0.25, 0.3) is 11.8 Å². The number of hydrogen-bond donors (Lipinski definition) is 1. The van der Waals surface area contributed by atoms with E-state index < -0.39 is 47.1 Å². The molecule has 9 nitrogen and oxygen atoms in total. The highest BCUT2D eigenvalue weighted by molar-refractivity contribution is 6.21. The Balaban J connectivity index is 1.79. The van der Waals surface area contributed by atoms with E-state index >= 15 is 0 Å². The molecule has 32 heavy (non-hydrogen) atoms. The van der Waals surface area contributed by atoms with Crippen molar-refractivity contribution in [2.24, 2.45) is 5.41 Å². The predicted molar refractivity (Wildman–Crippen MR) is 113 cm³/mol. The van der Waals surface area contributed by atoms with Gasteiger partial charge in [-0.05, 0) is 18.6 Å². The Kier molecular flexibility index (Phi) is 5.48. The number of esters is 1. The molecule has 2 fully saturated rings. The van der Waals surface area contributed by atoms with Crippen LogP contribution in [0.3, 0.4) is 0 Å². The fourth-order valence-electron chi connectivity index (χ4n) is 5.00. The predicted octanol–water partition coefficient (Wildman–Crippen LogP) is 2.86. The maximum Gasteiger partial charge on any atom is 0.408 e. The lowest BCUT2D eigenvalue weighted by molar-refractivity contribution is -0.159. The number of unbranched alkanes of at least 4 members (excludes halogenated alkanes) is 2. The van der Waals surface area contributed by atoms with Gasteiger partial charge in [0.2, 0.25) is 0 Å². The number of benzene rings is 1. The quantitative estimate of drug-likeness (QED) is 0.312. The van der Waals surface area contributed by atoms with Crippen LogP contribution in [0.4, 0.5) is 4.79 Å². The summed E-state index contributed by atoms with van der Waals surface area (Å²) in [6.07, 6.45) is 1.86. The minimum absolute atomic E-state index is 0.0240. The van der Waals surface area contributed by atoms with Crippen LogP contribution < -0.4 is 5.32 Å². The molecule has 172 valence electrons. The van der Waals surface area contributed by atoms with Crippen molar-refractivity contribution in [3.63, 3.8) is 0 Å². The maximum atomic E-state index is 13.3. The first kappa shape index (κ1) is 22.3. The second kappa shape index (κ2) is 7.88. The van der Waals surface area contributed by atoms with Crippen LogP contribution in [-0.4, -0.2) is 58.3 Å². The highest BCUT2D eigenvalue weighted by Gasteiger charge is 2.76. The summed E-state index contributed by atoms with van der Waals surface area (Å²) < 4.78 is 11.1. The number of nitrogens with one attached hydrogen (secondary N) is 1. The Bertz CT molecular complexity index is 941. The molecule has 3 aliphatic heterocycles. The van der Waals surface area contributed by atoms with Crippen molar-refractivity contribution in [3.8, 4) is 0 Å². The lowest BCUT2D eigenvalue weighted by Crippen LogP contribution is -2.58. The van der Waals surface area contributed by atoms with E-state index in [4.69, 9.17) is 9.47 Å². The topological polar surface area (TPSA) is 105 Å². The van der Waals surface area contributed by atoms with E-state index in [2.05, 4.69) is 12.2 Å². The van der Waals surface area contributed by atoms with Crippen LogP contribution in [-0.2, 0) is 14.3 Å². The normalized spacial score (nSPS) is 30.4. The fraction of sp³-hybridized carbons (Fsp3) is 0.565. The lowest BCUT2D eigenvalue weighted by atomic mass is 9.81. The van der Waals surface area contributed by atoms with Crippen molar-refractivity contribution >= 4 is 23.9 Å². The molecule has 0 saturated carbocycles. The fourth-order valence-corrected chi connectivity index (χ4v) is 5.00. The largest absolute Gasteiger partial charge is 0.458 e. The van der Waals surface area contributed by atoms with Gasteiger partial charge in [-0.25, -0.2) is 4.79 Å². The second-order valence-corrected chi connectivity index (χ2v) is 9.33. The number of cyclic esters (lactones) is 1. The standard InChI is InChI=1S/C23H29N3O6/c1-5-6-7-12-17-23(20(32-14(2)27)22(3,4)13-31-21(30)24-23)26(17)25-18(28)15-10-8-9-11-16(15)19(25)29/h8-11,17,20H,5-7,12-13H2,1-4H3,(H,24,30)/t17-,20-,23-,26?/m1/s1.